The first-order valence-corrected chi connectivity index (χ1v) is 9.07. The van der Waals surface area contributed by atoms with Crippen LogP contribution in [0, 0.1) is 13.8 Å². The van der Waals surface area contributed by atoms with E-state index >= 15 is 0 Å². The van der Waals surface area contributed by atoms with Crippen LogP contribution in [0.1, 0.15) is 55.8 Å². The first kappa shape index (κ1) is 19.8. The number of carbonyl (C=O) groups excluding carboxylic acids is 3. The molecule has 2 rings (SSSR count). The molecule has 0 spiro atoms. The van der Waals surface area contributed by atoms with Crippen LogP contribution >= 0.6 is 11.3 Å². The molecule has 0 aliphatic rings. The Morgan fingerprint density at radius 2 is 1.81 bits per heavy atom. The highest BCUT2D eigenvalue weighted by Gasteiger charge is 2.15. The molecular formula is C20H22O5S. The number of carbonyl (C=O) groups is 3. The zero-order valence-corrected chi connectivity index (χ0v) is 16.2. The van der Waals surface area contributed by atoms with Gasteiger partial charge >= 0.3 is 5.97 Å². The van der Waals surface area contributed by atoms with Crippen LogP contribution < -0.4 is 4.74 Å². The van der Waals surface area contributed by atoms with Crippen LogP contribution in [0.25, 0.3) is 0 Å². The predicted octanol–water partition coefficient (Wildman–Crippen LogP) is 4.28. The summed E-state index contributed by atoms with van der Waals surface area (Å²) < 4.78 is 10.5. The molecule has 6 heteroatoms. The van der Waals surface area contributed by atoms with Crippen LogP contribution in [0.15, 0.2) is 24.3 Å². The molecule has 26 heavy (non-hydrogen) atoms. The zero-order chi connectivity index (χ0) is 19.3. The summed E-state index contributed by atoms with van der Waals surface area (Å²) >= 11 is 1.57. The molecule has 2 aromatic rings. The number of esters is 1. The number of thiophene rings is 1. The second-order valence-electron chi connectivity index (χ2n) is 5.99. The molecule has 0 bridgehead atoms. The molecule has 0 unspecified atom stereocenters. The standard InChI is InChI=1S/C20H22O5S/c1-12-9-17(14(3)26-12)18(22)6-8-20(23)25-11-16-10-15(13(2)21)5-7-19(16)24-4/h5,7,9-10H,6,8,11H2,1-4H3. The van der Waals surface area contributed by atoms with Gasteiger partial charge in [0.15, 0.2) is 11.6 Å². The van der Waals surface area contributed by atoms with Crippen molar-refractivity contribution in [1.29, 1.82) is 0 Å². The third-order valence-electron chi connectivity index (χ3n) is 3.97. The van der Waals surface area contributed by atoms with Gasteiger partial charge in [0.2, 0.25) is 0 Å². The van der Waals surface area contributed by atoms with Gasteiger partial charge in [0, 0.05) is 32.9 Å². The summed E-state index contributed by atoms with van der Waals surface area (Å²) in [6.45, 7) is 5.31. The SMILES string of the molecule is COc1ccc(C(C)=O)cc1COC(=O)CCC(=O)c1cc(C)sc1C. The van der Waals surface area contributed by atoms with Crippen LogP contribution in [0.5, 0.6) is 5.75 Å². The van der Waals surface area contributed by atoms with Crippen molar-refractivity contribution in [3.8, 4) is 5.75 Å². The Labute approximate surface area is 156 Å². The van der Waals surface area contributed by atoms with Crippen molar-refractivity contribution in [3.63, 3.8) is 0 Å². The van der Waals surface area contributed by atoms with Crippen molar-refractivity contribution >= 4 is 28.9 Å². The zero-order valence-electron chi connectivity index (χ0n) is 15.4. The number of Topliss-reactive ketones (excluding diaryl/α,β-unsaturated/α-hetero) is 2. The molecule has 5 nitrogen and oxygen atoms in total. The first-order chi connectivity index (χ1) is 12.3. The highest BCUT2D eigenvalue weighted by molar-refractivity contribution is 7.12. The Balaban J connectivity index is 1.92. The van der Waals surface area contributed by atoms with Gasteiger partial charge in [-0.1, -0.05) is 0 Å². The van der Waals surface area contributed by atoms with E-state index in [9.17, 15) is 14.4 Å². The largest absolute Gasteiger partial charge is 0.496 e. The number of hydrogen-bond acceptors (Lipinski definition) is 6. The van der Waals surface area contributed by atoms with Crippen molar-refractivity contribution in [2.45, 2.75) is 40.2 Å². The molecule has 0 atom stereocenters. The fourth-order valence-electron chi connectivity index (χ4n) is 2.60. The minimum Gasteiger partial charge on any atom is -0.496 e. The molecule has 0 amide bonds. The van der Waals surface area contributed by atoms with Gasteiger partial charge in [0.1, 0.15) is 12.4 Å². The van der Waals surface area contributed by atoms with Gasteiger partial charge in [-0.2, -0.15) is 0 Å². The van der Waals surface area contributed by atoms with Crippen LogP contribution in [0.4, 0.5) is 0 Å². The third kappa shape index (κ3) is 5.02. The maximum atomic E-state index is 12.2. The number of benzene rings is 1. The fraction of sp³-hybridized carbons (Fsp3) is 0.350. The third-order valence-corrected chi connectivity index (χ3v) is 4.94. The number of rotatable bonds is 8. The van der Waals surface area contributed by atoms with E-state index in [1.807, 2.05) is 19.9 Å². The van der Waals surface area contributed by atoms with E-state index in [-0.39, 0.29) is 31.0 Å². The Morgan fingerprint density at radius 1 is 1.08 bits per heavy atom. The topological polar surface area (TPSA) is 69.7 Å². The van der Waals surface area contributed by atoms with Crippen molar-refractivity contribution in [2.24, 2.45) is 0 Å². The average molecular weight is 374 g/mol. The Kier molecular flexibility index (Phi) is 6.69. The fourth-order valence-corrected chi connectivity index (χ4v) is 3.54. The molecule has 0 fully saturated rings. The Morgan fingerprint density at radius 3 is 2.38 bits per heavy atom. The molecule has 1 aromatic carbocycles. The summed E-state index contributed by atoms with van der Waals surface area (Å²) in [5.74, 6) is -0.0475. The van der Waals surface area contributed by atoms with Gasteiger partial charge < -0.3 is 9.47 Å². The summed E-state index contributed by atoms with van der Waals surface area (Å²) in [6, 6.07) is 6.84. The predicted molar refractivity (Wildman–Crippen MR) is 100 cm³/mol. The second-order valence-corrected chi connectivity index (χ2v) is 7.45. The molecule has 138 valence electrons. The second kappa shape index (κ2) is 8.76. The molecular weight excluding hydrogens is 352 g/mol. The highest BCUT2D eigenvalue weighted by atomic mass is 32.1. The van der Waals surface area contributed by atoms with Crippen molar-refractivity contribution in [2.75, 3.05) is 7.11 Å². The van der Waals surface area contributed by atoms with E-state index in [2.05, 4.69) is 0 Å². The number of ketones is 2. The normalized spacial score (nSPS) is 10.5. The molecule has 0 N–H and O–H groups in total. The minimum atomic E-state index is -0.460. The first-order valence-electron chi connectivity index (χ1n) is 8.25. The number of hydrogen-bond donors (Lipinski definition) is 0. The summed E-state index contributed by atoms with van der Waals surface area (Å²) in [7, 11) is 1.51. The number of aryl methyl sites for hydroxylation is 2. The van der Waals surface area contributed by atoms with E-state index in [0.29, 0.717) is 22.4 Å². The van der Waals surface area contributed by atoms with E-state index in [4.69, 9.17) is 9.47 Å². The van der Waals surface area contributed by atoms with Gasteiger partial charge in [-0.3, -0.25) is 14.4 Å². The lowest BCUT2D eigenvalue weighted by atomic mass is 10.1. The highest BCUT2D eigenvalue weighted by Crippen LogP contribution is 2.23. The Hall–Kier alpha value is -2.47. The maximum Gasteiger partial charge on any atom is 0.306 e. The maximum absolute atomic E-state index is 12.2. The summed E-state index contributed by atoms with van der Waals surface area (Å²) in [6.07, 6.45) is 0.127. The van der Waals surface area contributed by atoms with Crippen molar-refractivity contribution in [1.82, 2.24) is 0 Å². The Bertz CT molecular complexity index is 835. The summed E-state index contributed by atoms with van der Waals surface area (Å²) in [4.78, 5) is 37.7. The van der Waals surface area contributed by atoms with Gasteiger partial charge in [0.25, 0.3) is 0 Å². The van der Waals surface area contributed by atoms with Gasteiger partial charge in [-0.25, -0.2) is 0 Å². The lowest BCUT2D eigenvalue weighted by molar-refractivity contribution is -0.144. The van der Waals surface area contributed by atoms with Crippen LogP contribution in [0.2, 0.25) is 0 Å². The van der Waals surface area contributed by atoms with E-state index < -0.39 is 5.97 Å². The lowest BCUT2D eigenvalue weighted by Gasteiger charge is -2.10. The van der Waals surface area contributed by atoms with Gasteiger partial charge in [-0.05, 0) is 45.0 Å². The van der Waals surface area contributed by atoms with E-state index in [1.165, 1.54) is 14.0 Å². The molecule has 0 aliphatic heterocycles. The average Bonchev–Trinajstić information content (AvgIpc) is 2.95. The lowest BCUT2D eigenvalue weighted by Crippen LogP contribution is -2.09. The molecule has 1 heterocycles. The van der Waals surface area contributed by atoms with Crippen LogP contribution in [-0.4, -0.2) is 24.6 Å². The van der Waals surface area contributed by atoms with Crippen LogP contribution in [0.3, 0.4) is 0 Å². The van der Waals surface area contributed by atoms with Crippen molar-refractivity contribution in [3.05, 3.63) is 50.7 Å². The number of methoxy groups -OCH3 is 1. The monoisotopic (exact) mass is 374 g/mol. The molecule has 0 saturated heterocycles. The molecule has 0 saturated carbocycles. The minimum absolute atomic E-state index is 0.00605. The molecule has 0 aliphatic carbocycles. The summed E-state index contributed by atoms with van der Waals surface area (Å²) in [5.41, 5.74) is 1.82. The van der Waals surface area contributed by atoms with Crippen LogP contribution in [-0.2, 0) is 16.1 Å². The van der Waals surface area contributed by atoms with E-state index in [1.54, 1.807) is 29.5 Å². The van der Waals surface area contributed by atoms with Gasteiger partial charge in [0.05, 0.1) is 13.5 Å². The summed E-state index contributed by atoms with van der Waals surface area (Å²) in [5, 5.41) is 0. The molecule has 0 radical (unpaired) electrons. The smallest absolute Gasteiger partial charge is 0.306 e. The van der Waals surface area contributed by atoms with Gasteiger partial charge in [-0.15, -0.1) is 11.3 Å². The van der Waals surface area contributed by atoms with E-state index in [0.717, 1.165) is 9.75 Å². The molecule has 1 aromatic heterocycles. The quantitative estimate of drug-likeness (QED) is 0.509. The van der Waals surface area contributed by atoms with Crippen molar-refractivity contribution < 1.29 is 23.9 Å². The number of ether oxygens (including phenoxy) is 2.